The van der Waals surface area contributed by atoms with Crippen LogP contribution in [-0.2, 0) is 27.2 Å². The molecule has 0 fully saturated rings. The van der Waals surface area contributed by atoms with Gasteiger partial charge in [-0.15, -0.1) is 0 Å². The molecule has 0 aliphatic carbocycles. The van der Waals surface area contributed by atoms with Crippen molar-refractivity contribution in [1.82, 2.24) is 14.5 Å². The second-order valence-corrected chi connectivity index (χ2v) is 9.16. The van der Waals surface area contributed by atoms with Gasteiger partial charge in [0, 0.05) is 30.5 Å². The molecule has 1 amide bonds. The van der Waals surface area contributed by atoms with Gasteiger partial charge in [-0.3, -0.25) is 9.69 Å². The minimum absolute atomic E-state index is 0.200. The lowest BCUT2D eigenvalue weighted by atomic mass is 9.94. The van der Waals surface area contributed by atoms with E-state index in [4.69, 9.17) is 9.47 Å². The summed E-state index contributed by atoms with van der Waals surface area (Å²) < 4.78 is 28.4. The number of benzene rings is 1. The number of halogens is 1. The maximum absolute atomic E-state index is 15.8. The molecule has 0 bridgehead atoms. The van der Waals surface area contributed by atoms with Crippen LogP contribution in [0.2, 0.25) is 0 Å². The Labute approximate surface area is 188 Å². The second-order valence-electron chi connectivity index (χ2n) is 9.16. The number of aryl methyl sites for hydroxylation is 1. The minimum atomic E-state index is -0.731. The molecule has 1 aliphatic rings. The van der Waals surface area contributed by atoms with Crippen molar-refractivity contribution < 1.29 is 23.5 Å². The Morgan fingerprint density at radius 3 is 2.66 bits per heavy atom. The zero-order valence-corrected chi connectivity index (χ0v) is 19.6. The third-order valence-corrected chi connectivity index (χ3v) is 5.45. The van der Waals surface area contributed by atoms with Gasteiger partial charge >= 0.3 is 12.1 Å². The van der Waals surface area contributed by atoms with Gasteiger partial charge in [0.15, 0.2) is 0 Å². The molecule has 2 atom stereocenters. The van der Waals surface area contributed by atoms with E-state index in [1.54, 1.807) is 59.0 Å². The quantitative estimate of drug-likeness (QED) is 0.638. The molecule has 8 heteroatoms. The standard InChI is InChI=1S/C24H32FN3O4/c1-7-31-22(29)15(2)13-17-9-8-10-18(19(17)25)20-21-26-14-16(3)27(21)11-12-28(20)23(30)32-24(4,5)6/h8-10,14-15,20H,7,11-13H2,1-6H3. The van der Waals surface area contributed by atoms with Crippen LogP contribution in [0.3, 0.4) is 0 Å². The van der Waals surface area contributed by atoms with Crippen LogP contribution in [-0.4, -0.2) is 45.3 Å². The molecule has 0 saturated carbocycles. The predicted molar refractivity (Wildman–Crippen MR) is 118 cm³/mol. The number of fused-ring (bicyclic) bond motifs is 1. The number of carbonyl (C=O) groups excluding carboxylic acids is 2. The first kappa shape index (κ1) is 23.8. The second kappa shape index (κ2) is 9.30. The highest BCUT2D eigenvalue weighted by atomic mass is 19.1. The Balaban J connectivity index is 2.01. The van der Waals surface area contributed by atoms with E-state index in [0.717, 1.165) is 5.69 Å². The van der Waals surface area contributed by atoms with Crippen molar-refractivity contribution in [1.29, 1.82) is 0 Å². The van der Waals surface area contributed by atoms with Crippen LogP contribution in [0.5, 0.6) is 0 Å². The molecule has 2 aromatic rings. The van der Waals surface area contributed by atoms with Crippen LogP contribution in [0.1, 0.15) is 63.3 Å². The van der Waals surface area contributed by atoms with Gasteiger partial charge in [0.25, 0.3) is 0 Å². The zero-order chi connectivity index (χ0) is 23.6. The third-order valence-electron chi connectivity index (χ3n) is 5.45. The van der Waals surface area contributed by atoms with Crippen molar-refractivity contribution in [3.63, 3.8) is 0 Å². The average Bonchev–Trinajstić information content (AvgIpc) is 3.09. The summed E-state index contributed by atoms with van der Waals surface area (Å²) in [5.74, 6) is -0.709. The number of nitrogens with zero attached hydrogens (tertiary/aromatic N) is 3. The molecule has 0 spiro atoms. The third kappa shape index (κ3) is 4.95. The molecule has 0 radical (unpaired) electrons. The zero-order valence-electron chi connectivity index (χ0n) is 19.6. The van der Waals surface area contributed by atoms with Crippen molar-refractivity contribution in [3.8, 4) is 0 Å². The lowest BCUT2D eigenvalue weighted by molar-refractivity contribution is -0.147. The fourth-order valence-electron chi connectivity index (χ4n) is 3.96. The fourth-order valence-corrected chi connectivity index (χ4v) is 3.96. The predicted octanol–water partition coefficient (Wildman–Crippen LogP) is 4.41. The molecule has 3 rings (SSSR count). The van der Waals surface area contributed by atoms with Crippen LogP contribution in [0.4, 0.5) is 9.18 Å². The van der Waals surface area contributed by atoms with Crippen molar-refractivity contribution in [2.45, 2.75) is 66.2 Å². The Morgan fingerprint density at radius 1 is 1.28 bits per heavy atom. The van der Waals surface area contributed by atoms with E-state index in [0.29, 0.717) is 30.0 Å². The molecule has 2 unspecified atom stereocenters. The summed E-state index contributed by atoms with van der Waals surface area (Å²) in [7, 11) is 0. The van der Waals surface area contributed by atoms with Gasteiger partial charge in [-0.25, -0.2) is 14.2 Å². The number of ether oxygens (including phenoxy) is 2. The monoisotopic (exact) mass is 445 g/mol. The Hall–Kier alpha value is -2.90. The summed E-state index contributed by atoms with van der Waals surface area (Å²) in [5.41, 5.74) is 0.991. The molecular formula is C24H32FN3O4. The number of imidazole rings is 1. The molecular weight excluding hydrogens is 413 g/mol. The molecule has 0 saturated heterocycles. The molecule has 32 heavy (non-hydrogen) atoms. The van der Waals surface area contributed by atoms with E-state index < -0.39 is 29.5 Å². The van der Waals surface area contributed by atoms with Crippen molar-refractivity contribution in [2.75, 3.05) is 13.2 Å². The van der Waals surface area contributed by atoms with Crippen LogP contribution in [0.15, 0.2) is 24.4 Å². The maximum atomic E-state index is 15.8. The summed E-state index contributed by atoms with van der Waals surface area (Å²) in [6, 6.07) is 4.33. The lowest BCUT2D eigenvalue weighted by Crippen LogP contribution is -2.45. The Kier molecular flexibility index (Phi) is 6.91. The van der Waals surface area contributed by atoms with E-state index >= 15 is 4.39 Å². The van der Waals surface area contributed by atoms with Crippen molar-refractivity contribution >= 4 is 12.1 Å². The maximum Gasteiger partial charge on any atom is 0.411 e. The number of rotatable bonds is 5. The highest BCUT2D eigenvalue weighted by Crippen LogP contribution is 2.35. The van der Waals surface area contributed by atoms with E-state index in [2.05, 4.69) is 4.98 Å². The molecule has 174 valence electrons. The van der Waals surface area contributed by atoms with Crippen molar-refractivity contribution in [2.24, 2.45) is 5.92 Å². The molecule has 0 N–H and O–H groups in total. The molecule has 1 aromatic carbocycles. The lowest BCUT2D eigenvalue weighted by Gasteiger charge is -2.37. The van der Waals surface area contributed by atoms with E-state index in [1.807, 2.05) is 11.5 Å². The van der Waals surface area contributed by atoms with Gasteiger partial charge in [-0.2, -0.15) is 0 Å². The first-order valence-corrected chi connectivity index (χ1v) is 11.0. The van der Waals surface area contributed by atoms with E-state index in [9.17, 15) is 9.59 Å². The molecule has 1 aromatic heterocycles. The number of hydrogen-bond donors (Lipinski definition) is 0. The number of aromatic nitrogens is 2. The Morgan fingerprint density at radius 2 is 2.00 bits per heavy atom. The highest BCUT2D eigenvalue weighted by molar-refractivity contribution is 5.72. The molecule has 2 heterocycles. The topological polar surface area (TPSA) is 73.7 Å². The average molecular weight is 446 g/mol. The summed E-state index contributed by atoms with van der Waals surface area (Å²) in [6.07, 6.45) is 1.41. The normalized spacial score (nSPS) is 17.0. The van der Waals surface area contributed by atoms with Crippen LogP contribution >= 0.6 is 0 Å². The van der Waals surface area contributed by atoms with Gasteiger partial charge in [-0.1, -0.05) is 25.1 Å². The van der Waals surface area contributed by atoms with Gasteiger partial charge in [0.2, 0.25) is 0 Å². The van der Waals surface area contributed by atoms with E-state index in [-0.39, 0.29) is 19.0 Å². The smallest absolute Gasteiger partial charge is 0.411 e. The van der Waals surface area contributed by atoms with Gasteiger partial charge in [0.1, 0.15) is 23.3 Å². The summed E-state index contributed by atoms with van der Waals surface area (Å²) >= 11 is 0. The van der Waals surface area contributed by atoms with Crippen LogP contribution in [0.25, 0.3) is 0 Å². The number of amides is 1. The fraction of sp³-hybridized carbons (Fsp3) is 0.542. The van der Waals surface area contributed by atoms with Crippen molar-refractivity contribution in [3.05, 3.63) is 52.9 Å². The number of carbonyl (C=O) groups is 2. The van der Waals surface area contributed by atoms with Crippen LogP contribution < -0.4 is 0 Å². The SMILES string of the molecule is CCOC(=O)C(C)Cc1cccc(C2c3ncc(C)n3CCN2C(=O)OC(C)(C)C)c1F. The van der Waals surface area contributed by atoms with Gasteiger partial charge in [0.05, 0.1) is 12.5 Å². The first-order valence-electron chi connectivity index (χ1n) is 11.0. The van der Waals surface area contributed by atoms with Gasteiger partial charge in [-0.05, 0) is 46.6 Å². The molecule has 1 aliphatic heterocycles. The van der Waals surface area contributed by atoms with Gasteiger partial charge < -0.3 is 14.0 Å². The Bertz CT molecular complexity index is 996. The number of esters is 1. The minimum Gasteiger partial charge on any atom is -0.466 e. The summed E-state index contributed by atoms with van der Waals surface area (Å²) in [6.45, 7) is 12.0. The largest absolute Gasteiger partial charge is 0.466 e. The summed E-state index contributed by atoms with van der Waals surface area (Å²) in [5, 5.41) is 0. The van der Waals surface area contributed by atoms with Crippen LogP contribution in [0, 0.1) is 18.7 Å². The number of hydrogen-bond acceptors (Lipinski definition) is 5. The summed E-state index contributed by atoms with van der Waals surface area (Å²) in [4.78, 5) is 31.1. The first-order chi connectivity index (χ1) is 15.0. The van der Waals surface area contributed by atoms with E-state index in [1.165, 1.54) is 4.90 Å². The molecule has 7 nitrogen and oxygen atoms in total. The highest BCUT2D eigenvalue weighted by Gasteiger charge is 2.38.